The number of halogens is 2. The maximum absolute atomic E-state index is 11.7. The molecule has 0 spiro atoms. The molecule has 2 heterocycles. The van der Waals surface area contributed by atoms with Crippen molar-refractivity contribution in [3.63, 3.8) is 0 Å². The van der Waals surface area contributed by atoms with Gasteiger partial charge in [-0.1, -0.05) is 15.9 Å². The molecule has 1 aromatic carbocycles. The van der Waals surface area contributed by atoms with E-state index in [0.29, 0.717) is 18.4 Å². The van der Waals surface area contributed by atoms with E-state index in [2.05, 4.69) is 62.7 Å². The average molecular weight is 564 g/mol. The number of carbonyl (C=O) groups is 1. The van der Waals surface area contributed by atoms with Crippen molar-refractivity contribution in [1.82, 2.24) is 15.5 Å². The third-order valence-corrected chi connectivity index (χ3v) is 5.62. The second kappa shape index (κ2) is 11.8. The summed E-state index contributed by atoms with van der Waals surface area (Å²) in [6.45, 7) is 7.44. The Morgan fingerprint density at radius 2 is 2.07 bits per heavy atom. The van der Waals surface area contributed by atoms with E-state index in [4.69, 9.17) is 4.99 Å². The standard InChI is InChI=1S/C20H30BrN5O.HI/c1-2-22-20(23-11-4-13-25-12-3-5-19(25)27)24-17-10-14-26(15-17)18-8-6-16(21)7-9-18;/h6-9,17H,2-5,10-15H2,1H3,(H2,22,23,24);1H. The van der Waals surface area contributed by atoms with E-state index >= 15 is 0 Å². The molecule has 0 bridgehead atoms. The second-order valence-electron chi connectivity index (χ2n) is 7.15. The number of likely N-dealkylation sites (tertiary alicyclic amines) is 1. The normalized spacial score (nSPS) is 19.7. The number of rotatable bonds is 7. The summed E-state index contributed by atoms with van der Waals surface area (Å²) in [7, 11) is 0. The highest BCUT2D eigenvalue weighted by atomic mass is 127. The molecule has 1 amide bonds. The van der Waals surface area contributed by atoms with Gasteiger partial charge in [0, 0.05) is 61.9 Å². The summed E-state index contributed by atoms with van der Waals surface area (Å²) < 4.78 is 1.11. The molecule has 2 aliphatic heterocycles. The lowest BCUT2D eigenvalue weighted by atomic mass is 10.2. The Kier molecular flexibility index (Phi) is 9.84. The van der Waals surface area contributed by atoms with Crippen molar-refractivity contribution >= 4 is 57.5 Å². The van der Waals surface area contributed by atoms with Crippen LogP contribution in [0.15, 0.2) is 33.7 Å². The number of amides is 1. The third kappa shape index (κ3) is 6.79. The molecule has 0 aromatic heterocycles. The van der Waals surface area contributed by atoms with Gasteiger partial charge < -0.3 is 20.4 Å². The Labute approximate surface area is 193 Å². The molecule has 6 nitrogen and oxygen atoms in total. The van der Waals surface area contributed by atoms with Gasteiger partial charge in [0.15, 0.2) is 5.96 Å². The van der Waals surface area contributed by atoms with Crippen LogP contribution in [0, 0.1) is 0 Å². The maximum atomic E-state index is 11.7. The monoisotopic (exact) mass is 563 g/mol. The molecule has 1 atom stereocenters. The zero-order valence-corrected chi connectivity index (χ0v) is 20.4. The van der Waals surface area contributed by atoms with Crippen molar-refractivity contribution in [1.29, 1.82) is 0 Å². The van der Waals surface area contributed by atoms with Crippen LogP contribution in [-0.2, 0) is 4.79 Å². The van der Waals surface area contributed by atoms with E-state index in [1.54, 1.807) is 0 Å². The highest BCUT2D eigenvalue weighted by Gasteiger charge is 2.23. The molecule has 1 aromatic rings. The summed E-state index contributed by atoms with van der Waals surface area (Å²) in [5.74, 6) is 1.18. The Bertz CT molecular complexity index is 655. The van der Waals surface area contributed by atoms with Crippen molar-refractivity contribution in [2.24, 2.45) is 4.99 Å². The zero-order chi connectivity index (χ0) is 19.1. The molecule has 0 aliphatic carbocycles. The van der Waals surface area contributed by atoms with Gasteiger partial charge in [0.25, 0.3) is 0 Å². The van der Waals surface area contributed by atoms with Crippen LogP contribution >= 0.6 is 39.9 Å². The molecule has 8 heteroatoms. The van der Waals surface area contributed by atoms with Gasteiger partial charge in [-0.3, -0.25) is 9.79 Å². The van der Waals surface area contributed by atoms with E-state index < -0.39 is 0 Å². The lowest BCUT2D eigenvalue weighted by Gasteiger charge is -2.20. The van der Waals surface area contributed by atoms with Crippen LogP contribution in [-0.4, -0.2) is 62.1 Å². The highest BCUT2D eigenvalue weighted by molar-refractivity contribution is 14.0. The molecule has 3 rings (SSSR count). The van der Waals surface area contributed by atoms with Gasteiger partial charge in [0.2, 0.25) is 5.91 Å². The molecule has 0 radical (unpaired) electrons. The molecule has 28 heavy (non-hydrogen) atoms. The second-order valence-corrected chi connectivity index (χ2v) is 8.07. The highest BCUT2D eigenvalue weighted by Crippen LogP contribution is 2.22. The Balaban J connectivity index is 0.00000280. The topological polar surface area (TPSA) is 60.0 Å². The number of nitrogens with one attached hydrogen (secondary N) is 2. The van der Waals surface area contributed by atoms with Gasteiger partial charge >= 0.3 is 0 Å². The summed E-state index contributed by atoms with van der Waals surface area (Å²) >= 11 is 3.49. The first-order valence-electron chi connectivity index (χ1n) is 9.99. The fourth-order valence-electron chi connectivity index (χ4n) is 3.67. The van der Waals surface area contributed by atoms with Crippen LogP contribution in [0.3, 0.4) is 0 Å². The van der Waals surface area contributed by atoms with Crippen LogP contribution in [0.2, 0.25) is 0 Å². The van der Waals surface area contributed by atoms with Crippen molar-refractivity contribution < 1.29 is 4.79 Å². The number of hydrogen-bond donors (Lipinski definition) is 2. The maximum Gasteiger partial charge on any atom is 0.222 e. The van der Waals surface area contributed by atoms with Crippen LogP contribution in [0.1, 0.15) is 32.6 Å². The first-order chi connectivity index (χ1) is 13.2. The zero-order valence-electron chi connectivity index (χ0n) is 16.5. The van der Waals surface area contributed by atoms with E-state index in [9.17, 15) is 4.79 Å². The van der Waals surface area contributed by atoms with Gasteiger partial charge in [0.05, 0.1) is 0 Å². The summed E-state index contributed by atoms with van der Waals surface area (Å²) in [5, 5.41) is 6.92. The van der Waals surface area contributed by atoms with Crippen molar-refractivity contribution in [2.75, 3.05) is 44.2 Å². The summed E-state index contributed by atoms with van der Waals surface area (Å²) in [4.78, 5) is 20.7. The van der Waals surface area contributed by atoms with Crippen molar-refractivity contribution in [2.45, 2.75) is 38.6 Å². The van der Waals surface area contributed by atoms with Crippen LogP contribution < -0.4 is 15.5 Å². The van der Waals surface area contributed by atoms with Gasteiger partial charge in [0.1, 0.15) is 0 Å². The van der Waals surface area contributed by atoms with Crippen LogP contribution in [0.25, 0.3) is 0 Å². The predicted molar refractivity (Wildman–Crippen MR) is 130 cm³/mol. The first-order valence-corrected chi connectivity index (χ1v) is 10.8. The summed E-state index contributed by atoms with van der Waals surface area (Å²) in [5.41, 5.74) is 1.26. The molecule has 2 N–H and O–H groups in total. The van der Waals surface area contributed by atoms with Gasteiger partial charge in [-0.15, -0.1) is 24.0 Å². The Morgan fingerprint density at radius 1 is 1.29 bits per heavy atom. The third-order valence-electron chi connectivity index (χ3n) is 5.09. The average Bonchev–Trinajstić information content (AvgIpc) is 3.29. The number of hydrogen-bond acceptors (Lipinski definition) is 3. The lowest BCUT2D eigenvalue weighted by Crippen LogP contribution is -2.44. The number of carbonyl (C=O) groups excluding carboxylic acids is 1. The predicted octanol–water partition coefficient (Wildman–Crippen LogP) is 3.21. The molecule has 1 unspecified atom stereocenters. The Morgan fingerprint density at radius 3 is 2.75 bits per heavy atom. The fourth-order valence-corrected chi connectivity index (χ4v) is 3.94. The largest absolute Gasteiger partial charge is 0.369 e. The van der Waals surface area contributed by atoms with E-state index in [-0.39, 0.29) is 24.0 Å². The van der Waals surface area contributed by atoms with E-state index in [1.807, 2.05) is 4.90 Å². The molecular formula is C20H31BrIN5O. The minimum Gasteiger partial charge on any atom is -0.369 e. The number of guanidine groups is 1. The summed E-state index contributed by atoms with van der Waals surface area (Å²) in [6, 6.07) is 8.89. The Hall–Kier alpha value is -1.03. The first kappa shape index (κ1) is 23.3. The van der Waals surface area contributed by atoms with Gasteiger partial charge in [-0.2, -0.15) is 0 Å². The minimum atomic E-state index is 0. The molecule has 2 saturated heterocycles. The van der Waals surface area contributed by atoms with Crippen molar-refractivity contribution in [3.8, 4) is 0 Å². The fraction of sp³-hybridized carbons (Fsp3) is 0.600. The molecule has 2 aliphatic rings. The minimum absolute atomic E-state index is 0. The molecule has 0 saturated carbocycles. The number of aliphatic imine (C=N–C) groups is 1. The molecular weight excluding hydrogens is 533 g/mol. The lowest BCUT2D eigenvalue weighted by molar-refractivity contribution is -0.127. The smallest absolute Gasteiger partial charge is 0.222 e. The SMILES string of the molecule is CCNC(=NCCCN1CCCC1=O)NC1CCN(c2ccc(Br)cc2)C1.I. The van der Waals surface area contributed by atoms with Crippen LogP contribution in [0.4, 0.5) is 5.69 Å². The van der Waals surface area contributed by atoms with Crippen LogP contribution in [0.5, 0.6) is 0 Å². The number of benzene rings is 1. The number of anilines is 1. The molecule has 156 valence electrons. The number of nitrogens with zero attached hydrogens (tertiary/aromatic N) is 3. The van der Waals surface area contributed by atoms with E-state index in [1.165, 1.54) is 5.69 Å². The molecule has 2 fully saturated rings. The van der Waals surface area contributed by atoms with E-state index in [0.717, 1.165) is 69.0 Å². The quantitative estimate of drug-likeness (QED) is 0.231. The van der Waals surface area contributed by atoms with Gasteiger partial charge in [-0.25, -0.2) is 0 Å². The van der Waals surface area contributed by atoms with Crippen molar-refractivity contribution in [3.05, 3.63) is 28.7 Å². The summed E-state index contributed by atoms with van der Waals surface area (Å²) in [6.07, 6.45) is 3.73. The van der Waals surface area contributed by atoms with Gasteiger partial charge in [-0.05, 0) is 50.5 Å².